The Morgan fingerprint density at radius 1 is 1.08 bits per heavy atom. The Hall–Kier alpha value is -2.15. The zero-order valence-electron chi connectivity index (χ0n) is 13.1. The maximum atomic E-state index is 12.2. The SMILES string of the molecule is CCc1ccc(C(=O)NC(=S)Nc2c(Cl)cc(C(=O)O)cc2Cl)cc1. The highest BCUT2D eigenvalue weighted by Crippen LogP contribution is 2.31. The van der Waals surface area contributed by atoms with Gasteiger partial charge in [-0.25, -0.2) is 4.79 Å². The Morgan fingerprint density at radius 3 is 2.12 bits per heavy atom. The molecule has 2 rings (SSSR count). The first-order chi connectivity index (χ1) is 11.8. The summed E-state index contributed by atoms with van der Waals surface area (Å²) >= 11 is 17.1. The largest absolute Gasteiger partial charge is 0.478 e. The molecule has 0 aliphatic carbocycles. The molecule has 3 N–H and O–H groups in total. The molecule has 0 atom stereocenters. The first-order valence-corrected chi connectivity index (χ1v) is 8.41. The zero-order valence-corrected chi connectivity index (χ0v) is 15.4. The molecule has 0 saturated heterocycles. The minimum absolute atomic E-state index is 0.00329. The van der Waals surface area contributed by atoms with E-state index in [4.69, 9.17) is 40.5 Å². The third kappa shape index (κ3) is 4.92. The number of benzene rings is 2. The van der Waals surface area contributed by atoms with E-state index < -0.39 is 5.97 Å². The fourth-order valence-electron chi connectivity index (χ4n) is 2.03. The number of thiocarbonyl (C=S) groups is 1. The molecule has 1 amide bonds. The number of amides is 1. The second-order valence-electron chi connectivity index (χ2n) is 5.08. The van der Waals surface area contributed by atoms with Crippen LogP contribution in [0.25, 0.3) is 0 Å². The van der Waals surface area contributed by atoms with E-state index in [0.29, 0.717) is 5.56 Å². The minimum Gasteiger partial charge on any atom is -0.478 e. The standard InChI is InChI=1S/C17H14Cl2N2O3S/c1-2-9-3-5-10(6-4-9)15(22)21-17(25)20-14-12(18)7-11(16(23)24)8-13(14)19/h3-8H,2H2,1H3,(H,23,24)(H2,20,21,22,25). The Morgan fingerprint density at radius 2 is 1.64 bits per heavy atom. The molecule has 130 valence electrons. The molecule has 0 bridgehead atoms. The summed E-state index contributed by atoms with van der Waals surface area (Å²) in [6.45, 7) is 2.03. The molecule has 25 heavy (non-hydrogen) atoms. The Bertz CT molecular complexity index is 815. The van der Waals surface area contributed by atoms with E-state index in [2.05, 4.69) is 10.6 Å². The Balaban J connectivity index is 2.09. The number of nitrogens with one attached hydrogen (secondary N) is 2. The molecule has 2 aromatic carbocycles. The summed E-state index contributed by atoms with van der Waals surface area (Å²) in [6.07, 6.45) is 0.880. The van der Waals surface area contributed by atoms with Crippen LogP contribution in [-0.4, -0.2) is 22.1 Å². The zero-order chi connectivity index (χ0) is 18.6. The van der Waals surface area contributed by atoms with Gasteiger partial charge in [0.1, 0.15) is 0 Å². The molecule has 0 heterocycles. The van der Waals surface area contributed by atoms with Gasteiger partial charge in [0.25, 0.3) is 5.91 Å². The first kappa shape index (κ1) is 19.2. The highest BCUT2D eigenvalue weighted by Gasteiger charge is 2.14. The Labute approximate surface area is 159 Å². The molecule has 0 unspecified atom stereocenters. The molecular weight excluding hydrogens is 383 g/mol. The fourth-order valence-corrected chi connectivity index (χ4v) is 2.80. The molecule has 0 fully saturated rings. The van der Waals surface area contributed by atoms with Crippen LogP contribution in [0.4, 0.5) is 5.69 Å². The second-order valence-corrected chi connectivity index (χ2v) is 6.30. The maximum absolute atomic E-state index is 12.2. The van der Waals surface area contributed by atoms with Crippen molar-refractivity contribution in [2.45, 2.75) is 13.3 Å². The quantitative estimate of drug-likeness (QED) is 0.668. The maximum Gasteiger partial charge on any atom is 0.335 e. The number of carboxylic acids is 1. The van der Waals surface area contributed by atoms with Crippen LogP contribution in [0, 0.1) is 0 Å². The van der Waals surface area contributed by atoms with Gasteiger partial charge in [-0.2, -0.15) is 0 Å². The Kier molecular flexibility index (Phi) is 6.36. The van der Waals surface area contributed by atoms with Crippen LogP contribution < -0.4 is 10.6 Å². The molecule has 0 spiro atoms. The monoisotopic (exact) mass is 396 g/mol. The first-order valence-electron chi connectivity index (χ1n) is 7.25. The number of carbonyl (C=O) groups is 2. The lowest BCUT2D eigenvalue weighted by Gasteiger charge is -2.13. The van der Waals surface area contributed by atoms with Crippen molar-refractivity contribution in [3.8, 4) is 0 Å². The number of hydrogen-bond donors (Lipinski definition) is 3. The van der Waals surface area contributed by atoms with Crippen molar-refractivity contribution in [3.63, 3.8) is 0 Å². The second kappa shape index (κ2) is 8.29. The third-order valence-corrected chi connectivity index (χ3v) is 4.18. The van der Waals surface area contributed by atoms with Gasteiger partial charge in [0.2, 0.25) is 0 Å². The van der Waals surface area contributed by atoms with Gasteiger partial charge in [0, 0.05) is 5.56 Å². The number of rotatable bonds is 4. The van der Waals surface area contributed by atoms with Crippen LogP contribution in [0.3, 0.4) is 0 Å². The molecular formula is C17H14Cl2N2O3S. The van der Waals surface area contributed by atoms with E-state index in [0.717, 1.165) is 12.0 Å². The highest BCUT2D eigenvalue weighted by molar-refractivity contribution is 7.80. The summed E-state index contributed by atoms with van der Waals surface area (Å²) in [6, 6.07) is 9.63. The smallest absolute Gasteiger partial charge is 0.335 e. The summed E-state index contributed by atoms with van der Waals surface area (Å²) in [7, 11) is 0. The molecule has 2 aromatic rings. The van der Waals surface area contributed by atoms with Crippen LogP contribution in [0.15, 0.2) is 36.4 Å². The van der Waals surface area contributed by atoms with Crippen molar-refractivity contribution in [2.75, 3.05) is 5.32 Å². The van der Waals surface area contributed by atoms with Gasteiger partial charge in [-0.1, -0.05) is 42.3 Å². The average Bonchev–Trinajstić information content (AvgIpc) is 2.57. The van der Waals surface area contributed by atoms with Gasteiger partial charge < -0.3 is 10.4 Å². The number of carbonyl (C=O) groups excluding carboxylic acids is 1. The normalized spacial score (nSPS) is 10.2. The molecule has 0 aliphatic rings. The topological polar surface area (TPSA) is 78.4 Å². The van der Waals surface area contributed by atoms with Crippen molar-refractivity contribution >= 4 is 58.1 Å². The van der Waals surface area contributed by atoms with Gasteiger partial charge in [0.15, 0.2) is 5.11 Å². The summed E-state index contributed by atoms with van der Waals surface area (Å²) in [4.78, 5) is 23.1. The van der Waals surface area contributed by atoms with Crippen LogP contribution in [0.5, 0.6) is 0 Å². The fraction of sp³-hybridized carbons (Fsp3) is 0.118. The minimum atomic E-state index is -1.15. The van der Waals surface area contributed by atoms with E-state index in [-0.39, 0.29) is 32.3 Å². The van der Waals surface area contributed by atoms with Crippen LogP contribution in [0.2, 0.25) is 10.0 Å². The highest BCUT2D eigenvalue weighted by atomic mass is 35.5. The lowest BCUT2D eigenvalue weighted by atomic mass is 10.1. The van der Waals surface area contributed by atoms with Crippen LogP contribution >= 0.6 is 35.4 Å². The summed E-state index contributed by atoms with van der Waals surface area (Å²) in [5.41, 5.74) is 1.75. The summed E-state index contributed by atoms with van der Waals surface area (Å²) in [5, 5.41) is 14.4. The average molecular weight is 397 g/mol. The molecule has 0 aliphatic heterocycles. The van der Waals surface area contributed by atoms with Crippen molar-refractivity contribution in [2.24, 2.45) is 0 Å². The van der Waals surface area contributed by atoms with Crippen molar-refractivity contribution in [1.29, 1.82) is 0 Å². The number of aromatic carboxylic acids is 1. The van der Waals surface area contributed by atoms with E-state index in [1.54, 1.807) is 12.1 Å². The van der Waals surface area contributed by atoms with E-state index >= 15 is 0 Å². The number of carboxylic acid groups (broad SMARTS) is 1. The van der Waals surface area contributed by atoms with E-state index in [9.17, 15) is 9.59 Å². The molecule has 0 saturated carbocycles. The summed E-state index contributed by atoms with van der Waals surface area (Å²) in [5.74, 6) is -1.53. The van der Waals surface area contributed by atoms with Crippen molar-refractivity contribution in [1.82, 2.24) is 5.32 Å². The van der Waals surface area contributed by atoms with Crippen LogP contribution in [0.1, 0.15) is 33.2 Å². The lowest BCUT2D eigenvalue weighted by molar-refractivity contribution is 0.0696. The van der Waals surface area contributed by atoms with Gasteiger partial charge in [-0.15, -0.1) is 0 Å². The number of hydrogen-bond acceptors (Lipinski definition) is 3. The molecule has 8 heteroatoms. The van der Waals surface area contributed by atoms with Gasteiger partial charge >= 0.3 is 5.97 Å². The van der Waals surface area contributed by atoms with Gasteiger partial charge in [0.05, 0.1) is 21.3 Å². The number of anilines is 1. The predicted octanol–water partition coefficient (Wildman–Crippen LogP) is 4.38. The molecule has 5 nitrogen and oxygen atoms in total. The van der Waals surface area contributed by atoms with Gasteiger partial charge in [-0.05, 0) is 48.5 Å². The number of aryl methyl sites for hydroxylation is 1. The molecule has 0 aromatic heterocycles. The van der Waals surface area contributed by atoms with Crippen molar-refractivity contribution < 1.29 is 14.7 Å². The number of halogens is 2. The van der Waals surface area contributed by atoms with E-state index in [1.807, 2.05) is 19.1 Å². The third-order valence-electron chi connectivity index (χ3n) is 3.38. The van der Waals surface area contributed by atoms with E-state index in [1.165, 1.54) is 12.1 Å². The van der Waals surface area contributed by atoms with Crippen LogP contribution in [-0.2, 0) is 6.42 Å². The molecule has 0 radical (unpaired) electrons. The summed E-state index contributed by atoms with van der Waals surface area (Å²) < 4.78 is 0. The van der Waals surface area contributed by atoms with Crippen molar-refractivity contribution in [3.05, 3.63) is 63.1 Å². The lowest BCUT2D eigenvalue weighted by Crippen LogP contribution is -2.34. The van der Waals surface area contributed by atoms with Gasteiger partial charge in [-0.3, -0.25) is 10.1 Å². The predicted molar refractivity (Wildman–Crippen MR) is 103 cm³/mol.